The molecule has 3 aromatic rings. The van der Waals surface area contributed by atoms with Crippen molar-refractivity contribution in [2.45, 2.75) is 6.92 Å². The lowest BCUT2D eigenvalue weighted by Gasteiger charge is -2.08. The van der Waals surface area contributed by atoms with Gasteiger partial charge in [-0.05, 0) is 30.3 Å². The number of benzene rings is 2. The fraction of sp³-hybridized carbons (Fsp3) is 0.111. The maximum absolute atomic E-state index is 13.1. The van der Waals surface area contributed by atoms with E-state index in [1.165, 1.54) is 50.4 Å². The highest BCUT2D eigenvalue weighted by Crippen LogP contribution is 2.39. The van der Waals surface area contributed by atoms with Crippen LogP contribution < -0.4 is 10.1 Å². The Morgan fingerprint density at radius 3 is 2.44 bits per heavy atom. The van der Waals surface area contributed by atoms with Crippen LogP contribution in [0, 0.1) is 5.82 Å². The van der Waals surface area contributed by atoms with Gasteiger partial charge in [0, 0.05) is 23.9 Å². The highest BCUT2D eigenvalue weighted by molar-refractivity contribution is 6.09. The summed E-state index contributed by atoms with van der Waals surface area (Å²) in [4.78, 5) is 23.1. The standard InChI is InChI=1S/C18H14FNO5/c1-9(21)20-13-8-14-12(7-15(13)24-2)16(18(22)23)17(25-14)10-3-5-11(19)6-4-10/h3-8H,1-2H3,(H,20,21)(H,22,23). The summed E-state index contributed by atoms with van der Waals surface area (Å²) >= 11 is 0. The minimum absolute atomic E-state index is 0.0608. The van der Waals surface area contributed by atoms with Crippen LogP contribution in [0.5, 0.6) is 5.75 Å². The van der Waals surface area contributed by atoms with Gasteiger partial charge in [0.15, 0.2) is 0 Å². The predicted octanol–water partition coefficient (Wildman–Crippen LogP) is 3.90. The van der Waals surface area contributed by atoms with Gasteiger partial charge in [0.2, 0.25) is 5.91 Å². The molecule has 2 N–H and O–H groups in total. The molecule has 0 saturated carbocycles. The van der Waals surface area contributed by atoms with E-state index in [2.05, 4.69) is 5.32 Å². The lowest BCUT2D eigenvalue weighted by atomic mass is 10.0. The minimum Gasteiger partial charge on any atom is -0.495 e. The molecule has 0 radical (unpaired) electrons. The Morgan fingerprint density at radius 2 is 1.88 bits per heavy atom. The zero-order chi connectivity index (χ0) is 18.1. The van der Waals surface area contributed by atoms with Gasteiger partial charge in [0.1, 0.15) is 28.5 Å². The highest BCUT2D eigenvalue weighted by atomic mass is 19.1. The molecule has 25 heavy (non-hydrogen) atoms. The average Bonchev–Trinajstić information content (AvgIpc) is 2.92. The first kappa shape index (κ1) is 16.5. The molecule has 1 amide bonds. The smallest absolute Gasteiger partial charge is 0.340 e. The summed E-state index contributed by atoms with van der Waals surface area (Å²) in [5.74, 6) is -1.53. The molecule has 0 aliphatic rings. The molecule has 0 aliphatic heterocycles. The topological polar surface area (TPSA) is 88.8 Å². The maximum Gasteiger partial charge on any atom is 0.340 e. The number of fused-ring (bicyclic) bond motifs is 1. The molecular formula is C18H14FNO5. The molecule has 1 aromatic heterocycles. The second-order valence-corrected chi connectivity index (χ2v) is 5.35. The number of rotatable bonds is 4. The summed E-state index contributed by atoms with van der Waals surface area (Å²) in [6.45, 7) is 1.35. The van der Waals surface area contributed by atoms with Crippen LogP contribution in [-0.2, 0) is 4.79 Å². The molecule has 3 rings (SSSR count). The van der Waals surface area contributed by atoms with E-state index >= 15 is 0 Å². The van der Waals surface area contributed by atoms with Crippen molar-refractivity contribution in [2.24, 2.45) is 0 Å². The molecule has 2 aromatic carbocycles. The van der Waals surface area contributed by atoms with Crippen molar-refractivity contribution in [3.63, 3.8) is 0 Å². The number of carboxylic acid groups (broad SMARTS) is 1. The van der Waals surface area contributed by atoms with Gasteiger partial charge >= 0.3 is 5.97 Å². The monoisotopic (exact) mass is 343 g/mol. The molecule has 1 heterocycles. The number of anilines is 1. The van der Waals surface area contributed by atoms with E-state index < -0.39 is 11.8 Å². The van der Waals surface area contributed by atoms with Gasteiger partial charge < -0.3 is 19.6 Å². The summed E-state index contributed by atoms with van der Waals surface area (Å²) in [6, 6.07) is 8.29. The Bertz CT molecular complexity index is 975. The van der Waals surface area contributed by atoms with Crippen LogP contribution in [-0.4, -0.2) is 24.1 Å². The molecule has 0 atom stereocenters. The Hall–Kier alpha value is -3.35. The molecular weight excluding hydrogens is 329 g/mol. The van der Waals surface area contributed by atoms with E-state index in [0.29, 0.717) is 22.4 Å². The molecule has 7 heteroatoms. The largest absolute Gasteiger partial charge is 0.495 e. The van der Waals surface area contributed by atoms with Crippen LogP contribution in [0.2, 0.25) is 0 Å². The van der Waals surface area contributed by atoms with E-state index in [9.17, 15) is 19.1 Å². The first-order chi connectivity index (χ1) is 11.9. The molecule has 0 unspecified atom stereocenters. The van der Waals surface area contributed by atoms with Crippen molar-refractivity contribution >= 4 is 28.5 Å². The Balaban J connectivity index is 2.27. The Labute approximate surface area is 141 Å². The van der Waals surface area contributed by atoms with Crippen molar-refractivity contribution < 1.29 is 28.2 Å². The van der Waals surface area contributed by atoms with Crippen molar-refractivity contribution in [3.8, 4) is 17.1 Å². The number of methoxy groups -OCH3 is 1. The lowest BCUT2D eigenvalue weighted by molar-refractivity contribution is -0.114. The average molecular weight is 343 g/mol. The third-order valence-electron chi connectivity index (χ3n) is 3.64. The van der Waals surface area contributed by atoms with Gasteiger partial charge in [-0.2, -0.15) is 0 Å². The number of aromatic carboxylic acids is 1. The summed E-state index contributed by atoms with van der Waals surface area (Å²) < 4.78 is 24.1. The van der Waals surface area contributed by atoms with E-state index in [0.717, 1.165) is 0 Å². The summed E-state index contributed by atoms with van der Waals surface area (Å²) in [6.07, 6.45) is 0. The molecule has 6 nitrogen and oxygen atoms in total. The second-order valence-electron chi connectivity index (χ2n) is 5.35. The molecule has 128 valence electrons. The van der Waals surface area contributed by atoms with Crippen molar-refractivity contribution in [1.29, 1.82) is 0 Å². The first-order valence-corrected chi connectivity index (χ1v) is 7.32. The van der Waals surface area contributed by atoms with Crippen LogP contribution in [0.4, 0.5) is 10.1 Å². The quantitative estimate of drug-likeness (QED) is 0.750. The zero-order valence-electron chi connectivity index (χ0n) is 13.4. The Morgan fingerprint density at radius 1 is 1.20 bits per heavy atom. The maximum atomic E-state index is 13.1. The highest BCUT2D eigenvalue weighted by Gasteiger charge is 2.23. The van der Waals surface area contributed by atoms with Crippen molar-refractivity contribution in [2.75, 3.05) is 12.4 Å². The molecule has 0 saturated heterocycles. The summed E-state index contributed by atoms with van der Waals surface area (Å²) in [5, 5.41) is 12.5. The van der Waals surface area contributed by atoms with Crippen LogP contribution in [0.3, 0.4) is 0 Å². The first-order valence-electron chi connectivity index (χ1n) is 7.32. The van der Waals surface area contributed by atoms with Crippen LogP contribution >= 0.6 is 0 Å². The van der Waals surface area contributed by atoms with Gasteiger partial charge in [0.25, 0.3) is 0 Å². The van der Waals surface area contributed by atoms with E-state index in [-0.39, 0.29) is 22.8 Å². The van der Waals surface area contributed by atoms with Gasteiger partial charge in [-0.1, -0.05) is 0 Å². The van der Waals surface area contributed by atoms with Crippen LogP contribution in [0.1, 0.15) is 17.3 Å². The number of carboxylic acids is 1. The van der Waals surface area contributed by atoms with E-state index in [1.807, 2.05) is 0 Å². The fourth-order valence-corrected chi connectivity index (χ4v) is 2.60. The van der Waals surface area contributed by atoms with Crippen molar-refractivity contribution in [1.82, 2.24) is 0 Å². The molecule has 0 bridgehead atoms. The molecule has 0 aliphatic carbocycles. The van der Waals surface area contributed by atoms with Gasteiger partial charge in [-0.15, -0.1) is 0 Å². The number of amides is 1. The zero-order valence-corrected chi connectivity index (χ0v) is 13.4. The normalized spacial score (nSPS) is 10.7. The van der Waals surface area contributed by atoms with Crippen molar-refractivity contribution in [3.05, 3.63) is 47.8 Å². The van der Waals surface area contributed by atoms with E-state index in [4.69, 9.17) is 9.15 Å². The number of furan rings is 1. The SMILES string of the molecule is COc1cc2c(C(=O)O)c(-c3ccc(F)cc3)oc2cc1NC(C)=O. The number of nitrogens with one attached hydrogen (secondary N) is 1. The molecule has 0 fully saturated rings. The minimum atomic E-state index is -1.19. The summed E-state index contributed by atoms with van der Waals surface area (Å²) in [7, 11) is 1.41. The van der Waals surface area contributed by atoms with Gasteiger partial charge in [-0.3, -0.25) is 4.79 Å². The number of hydrogen-bond donors (Lipinski definition) is 2. The third kappa shape index (κ3) is 3.03. The third-order valence-corrected chi connectivity index (χ3v) is 3.64. The Kier molecular flexibility index (Phi) is 4.14. The summed E-state index contributed by atoms with van der Waals surface area (Å²) in [5.41, 5.74) is 0.990. The van der Waals surface area contributed by atoms with E-state index in [1.54, 1.807) is 0 Å². The fourth-order valence-electron chi connectivity index (χ4n) is 2.60. The molecule has 0 spiro atoms. The number of halogens is 1. The van der Waals surface area contributed by atoms with Gasteiger partial charge in [0.05, 0.1) is 12.8 Å². The predicted molar refractivity (Wildman–Crippen MR) is 89.4 cm³/mol. The number of carbonyl (C=O) groups is 2. The van der Waals surface area contributed by atoms with Gasteiger partial charge in [-0.25, -0.2) is 9.18 Å². The number of hydrogen-bond acceptors (Lipinski definition) is 4. The number of carbonyl (C=O) groups excluding carboxylic acids is 1. The number of ether oxygens (including phenoxy) is 1. The second kappa shape index (κ2) is 6.27. The lowest BCUT2D eigenvalue weighted by Crippen LogP contribution is -2.07. The van der Waals surface area contributed by atoms with Crippen LogP contribution in [0.25, 0.3) is 22.3 Å². The van der Waals surface area contributed by atoms with Crippen LogP contribution in [0.15, 0.2) is 40.8 Å².